The molecule has 174 valence electrons. The third kappa shape index (κ3) is 5.30. The van der Waals surface area contributed by atoms with Crippen LogP contribution in [0.5, 0.6) is 5.75 Å². The Kier molecular flexibility index (Phi) is 7.18. The van der Waals surface area contributed by atoms with Gasteiger partial charge in [-0.05, 0) is 62.1 Å². The molecule has 0 saturated carbocycles. The average Bonchev–Trinajstić information content (AvgIpc) is 3.38. The first kappa shape index (κ1) is 23.1. The Balaban J connectivity index is 1.34. The third-order valence-electron chi connectivity index (χ3n) is 6.32. The number of ether oxygens (including phenoxy) is 1. The molecule has 2 aliphatic heterocycles. The topological polar surface area (TPSA) is 79.0 Å². The molecule has 2 aromatic rings. The normalized spacial score (nSPS) is 16.5. The van der Waals surface area contributed by atoms with Crippen LogP contribution in [0.25, 0.3) is 0 Å². The van der Waals surface area contributed by atoms with Crippen molar-refractivity contribution in [1.82, 2.24) is 9.80 Å². The Hall–Kier alpha value is -3.06. The molecule has 0 radical (unpaired) electrons. The summed E-state index contributed by atoms with van der Waals surface area (Å²) in [7, 11) is 1.52. The summed E-state index contributed by atoms with van der Waals surface area (Å²) < 4.78 is 5.30. The van der Waals surface area contributed by atoms with Crippen molar-refractivity contribution in [3.8, 4) is 5.75 Å². The van der Waals surface area contributed by atoms with Crippen LogP contribution in [0.4, 0.5) is 5.69 Å². The largest absolute Gasteiger partial charge is 0.496 e. The SMILES string of the molecule is COc1ccc(Cl)cc1C(=O)N1CCC(C(=O)Nc2cccc(C(=O)N3CCCC3)c2)CC1. The minimum Gasteiger partial charge on any atom is -0.496 e. The van der Waals surface area contributed by atoms with E-state index in [1.165, 1.54) is 7.11 Å². The molecule has 0 bridgehead atoms. The smallest absolute Gasteiger partial charge is 0.257 e. The molecule has 8 heteroatoms. The fraction of sp³-hybridized carbons (Fsp3) is 0.400. The van der Waals surface area contributed by atoms with Gasteiger partial charge in [0.1, 0.15) is 5.75 Å². The van der Waals surface area contributed by atoms with Crippen molar-refractivity contribution >= 4 is 35.0 Å². The molecule has 2 aromatic carbocycles. The van der Waals surface area contributed by atoms with E-state index in [9.17, 15) is 14.4 Å². The summed E-state index contributed by atoms with van der Waals surface area (Å²) in [6.45, 7) is 2.52. The molecule has 0 aromatic heterocycles. The maximum absolute atomic E-state index is 13.0. The van der Waals surface area contributed by atoms with E-state index in [0.29, 0.717) is 53.5 Å². The van der Waals surface area contributed by atoms with Gasteiger partial charge in [-0.15, -0.1) is 0 Å². The molecular formula is C25H28ClN3O4. The van der Waals surface area contributed by atoms with Crippen LogP contribution in [0.3, 0.4) is 0 Å². The number of carbonyl (C=O) groups is 3. The summed E-state index contributed by atoms with van der Waals surface area (Å²) in [4.78, 5) is 42.0. The summed E-state index contributed by atoms with van der Waals surface area (Å²) in [5, 5.41) is 3.42. The van der Waals surface area contributed by atoms with Crippen molar-refractivity contribution in [3.63, 3.8) is 0 Å². The highest BCUT2D eigenvalue weighted by atomic mass is 35.5. The van der Waals surface area contributed by atoms with Gasteiger partial charge < -0.3 is 19.9 Å². The summed E-state index contributed by atoms with van der Waals surface area (Å²) in [6, 6.07) is 12.1. The van der Waals surface area contributed by atoms with Gasteiger partial charge in [-0.1, -0.05) is 17.7 Å². The van der Waals surface area contributed by atoms with E-state index in [0.717, 1.165) is 25.9 Å². The second-order valence-electron chi connectivity index (χ2n) is 8.48. The minimum absolute atomic E-state index is 0.00635. The Bertz CT molecular complexity index is 1040. The van der Waals surface area contributed by atoms with Crippen molar-refractivity contribution < 1.29 is 19.1 Å². The van der Waals surface area contributed by atoms with Gasteiger partial charge in [-0.3, -0.25) is 14.4 Å². The number of nitrogens with zero attached hydrogens (tertiary/aromatic N) is 2. The molecule has 33 heavy (non-hydrogen) atoms. The molecule has 4 rings (SSSR count). The lowest BCUT2D eigenvalue weighted by Crippen LogP contribution is -2.41. The van der Waals surface area contributed by atoms with Crippen molar-refractivity contribution in [2.45, 2.75) is 25.7 Å². The van der Waals surface area contributed by atoms with Gasteiger partial charge in [0.2, 0.25) is 5.91 Å². The predicted molar refractivity (Wildman–Crippen MR) is 127 cm³/mol. The van der Waals surface area contributed by atoms with Crippen molar-refractivity contribution in [3.05, 3.63) is 58.6 Å². The zero-order chi connectivity index (χ0) is 23.4. The highest BCUT2D eigenvalue weighted by molar-refractivity contribution is 6.31. The Labute approximate surface area is 198 Å². The molecule has 3 amide bonds. The lowest BCUT2D eigenvalue weighted by molar-refractivity contribution is -0.121. The number of methoxy groups -OCH3 is 1. The molecule has 7 nitrogen and oxygen atoms in total. The molecule has 0 unspecified atom stereocenters. The third-order valence-corrected chi connectivity index (χ3v) is 6.55. The first-order valence-corrected chi connectivity index (χ1v) is 11.7. The summed E-state index contributed by atoms with van der Waals surface area (Å²) >= 11 is 6.06. The van der Waals surface area contributed by atoms with Crippen LogP contribution < -0.4 is 10.1 Å². The number of rotatable bonds is 5. The zero-order valence-corrected chi connectivity index (χ0v) is 19.4. The van der Waals surface area contributed by atoms with E-state index in [1.54, 1.807) is 47.4 Å². The number of anilines is 1. The first-order valence-electron chi connectivity index (χ1n) is 11.3. The van der Waals surface area contributed by atoms with E-state index in [4.69, 9.17) is 16.3 Å². The van der Waals surface area contributed by atoms with E-state index >= 15 is 0 Å². The van der Waals surface area contributed by atoms with Crippen LogP contribution in [-0.2, 0) is 4.79 Å². The standard InChI is InChI=1S/C25H28ClN3O4/c1-33-22-8-7-19(26)16-21(22)25(32)29-13-9-17(10-14-29)23(30)27-20-6-4-5-18(15-20)24(31)28-11-2-3-12-28/h4-8,15-17H,2-3,9-14H2,1H3,(H,27,30). The quantitative estimate of drug-likeness (QED) is 0.715. The number of nitrogens with one attached hydrogen (secondary N) is 1. The number of benzene rings is 2. The van der Waals surface area contributed by atoms with E-state index in [2.05, 4.69) is 5.32 Å². The molecule has 2 fully saturated rings. The van der Waals surface area contributed by atoms with Gasteiger partial charge >= 0.3 is 0 Å². The van der Waals surface area contributed by atoms with Gasteiger partial charge in [0.05, 0.1) is 12.7 Å². The molecule has 2 saturated heterocycles. The fourth-order valence-corrected chi connectivity index (χ4v) is 4.61. The fourth-order valence-electron chi connectivity index (χ4n) is 4.44. The number of hydrogen-bond acceptors (Lipinski definition) is 4. The van der Waals surface area contributed by atoms with Crippen LogP contribution >= 0.6 is 11.6 Å². The molecule has 0 atom stereocenters. The van der Waals surface area contributed by atoms with E-state index in [1.807, 2.05) is 4.90 Å². The summed E-state index contributed by atoms with van der Waals surface area (Å²) in [5.41, 5.74) is 1.63. The van der Waals surface area contributed by atoms with E-state index < -0.39 is 0 Å². The van der Waals surface area contributed by atoms with Crippen LogP contribution in [-0.4, -0.2) is 60.8 Å². The lowest BCUT2D eigenvalue weighted by atomic mass is 9.95. The minimum atomic E-state index is -0.201. The number of likely N-dealkylation sites (tertiary alicyclic amines) is 2. The number of hydrogen-bond donors (Lipinski definition) is 1. The number of carbonyl (C=O) groups excluding carboxylic acids is 3. The van der Waals surface area contributed by atoms with Crippen LogP contribution in [0.2, 0.25) is 5.02 Å². The van der Waals surface area contributed by atoms with Gasteiger partial charge in [-0.25, -0.2) is 0 Å². The van der Waals surface area contributed by atoms with Gasteiger partial charge in [-0.2, -0.15) is 0 Å². The van der Waals surface area contributed by atoms with Gasteiger partial charge in [0, 0.05) is 48.4 Å². The molecular weight excluding hydrogens is 442 g/mol. The lowest BCUT2D eigenvalue weighted by Gasteiger charge is -2.31. The highest BCUT2D eigenvalue weighted by Gasteiger charge is 2.29. The summed E-state index contributed by atoms with van der Waals surface area (Å²) in [5.74, 6) is 0.0438. The van der Waals surface area contributed by atoms with Crippen molar-refractivity contribution in [2.75, 3.05) is 38.6 Å². The Morgan fingerprint density at radius 1 is 0.939 bits per heavy atom. The molecule has 0 spiro atoms. The summed E-state index contributed by atoms with van der Waals surface area (Å²) in [6.07, 6.45) is 3.20. The first-order chi connectivity index (χ1) is 16.0. The zero-order valence-electron chi connectivity index (χ0n) is 18.7. The maximum atomic E-state index is 13.0. The molecule has 2 heterocycles. The van der Waals surface area contributed by atoms with Crippen LogP contribution in [0.1, 0.15) is 46.4 Å². The predicted octanol–water partition coefficient (Wildman–Crippen LogP) is 4.08. The second kappa shape index (κ2) is 10.3. The number of piperidine rings is 1. The monoisotopic (exact) mass is 469 g/mol. The van der Waals surface area contributed by atoms with E-state index in [-0.39, 0.29) is 23.6 Å². The van der Waals surface area contributed by atoms with Crippen molar-refractivity contribution in [1.29, 1.82) is 0 Å². The van der Waals surface area contributed by atoms with Crippen LogP contribution in [0.15, 0.2) is 42.5 Å². The van der Waals surface area contributed by atoms with Gasteiger partial charge in [0.25, 0.3) is 11.8 Å². The molecule has 0 aliphatic carbocycles. The average molecular weight is 470 g/mol. The number of halogens is 1. The van der Waals surface area contributed by atoms with Gasteiger partial charge in [0.15, 0.2) is 0 Å². The van der Waals surface area contributed by atoms with Crippen LogP contribution in [0, 0.1) is 5.92 Å². The number of amides is 3. The Morgan fingerprint density at radius 2 is 1.64 bits per heavy atom. The second-order valence-corrected chi connectivity index (χ2v) is 8.92. The molecule has 1 N–H and O–H groups in total. The molecule has 2 aliphatic rings. The maximum Gasteiger partial charge on any atom is 0.257 e. The Morgan fingerprint density at radius 3 is 2.33 bits per heavy atom. The highest BCUT2D eigenvalue weighted by Crippen LogP contribution is 2.27. The van der Waals surface area contributed by atoms with Crippen molar-refractivity contribution in [2.24, 2.45) is 5.92 Å².